The molecule has 0 saturated heterocycles. The molecule has 2 nitrogen and oxygen atoms in total. The van der Waals surface area contributed by atoms with Gasteiger partial charge in [-0.15, -0.1) is 0 Å². The molecule has 1 aromatic rings. The van der Waals surface area contributed by atoms with Crippen LogP contribution in [0.15, 0.2) is 18.2 Å². The quantitative estimate of drug-likeness (QED) is 0.579. The summed E-state index contributed by atoms with van der Waals surface area (Å²) in [6, 6.07) is 5.69. The van der Waals surface area contributed by atoms with E-state index in [1.807, 2.05) is 18.2 Å². The van der Waals surface area contributed by atoms with Crippen molar-refractivity contribution < 1.29 is 4.79 Å². The van der Waals surface area contributed by atoms with E-state index in [1.165, 1.54) is 25.7 Å². The van der Waals surface area contributed by atoms with Crippen LogP contribution in [-0.4, -0.2) is 5.91 Å². The Kier molecular flexibility index (Phi) is 5.30. The molecular weight excluding hydrogens is 361 g/mol. The average molecular weight is 378 g/mol. The number of carbonyl (C=O) groups is 1. The van der Waals surface area contributed by atoms with Crippen molar-refractivity contribution in [2.45, 2.75) is 38.5 Å². The van der Waals surface area contributed by atoms with Gasteiger partial charge in [-0.05, 0) is 53.6 Å². The Morgan fingerprint density at radius 2 is 1.89 bits per heavy atom. The fraction of sp³-hybridized carbons (Fsp3) is 0.500. The van der Waals surface area contributed by atoms with Crippen molar-refractivity contribution in [1.82, 2.24) is 0 Å². The number of amides is 1. The van der Waals surface area contributed by atoms with Gasteiger partial charge < -0.3 is 5.32 Å². The molecule has 0 radical (unpaired) electrons. The minimum atomic E-state index is 0.125. The number of rotatable bonds is 2. The summed E-state index contributed by atoms with van der Waals surface area (Å²) < 4.78 is 1.07. The Labute approximate surface area is 127 Å². The molecule has 1 aliphatic carbocycles. The Morgan fingerprint density at radius 3 is 2.50 bits per heavy atom. The van der Waals surface area contributed by atoms with Crippen molar-refractivity contribution in [1.29, 1.82) is 0 Å². The molecule has 1 aliphatic rings. The van der Waals surface area contributed by atoms with Gasteiger partial charge in [-0.1, -0.05) is 37.3 Å². The Bertz CT molecular complexity index is 428. The average Bonchev–Trinajstić information content (AvgIpc) is 2.61. The lowest BCUT2D eigenvalue weighted by Crippen LogP contribution is -2.22. The highest BCUT2D eigenvalue weighted by Gasteiger charge is 2.20. The van der Waals surface area contributed by atoms with Gasteiger partial charge in [-0.2, -0.15) is 0 Å². The second kappa shape index (κ2) is 6.75. The third-order valence-electron chi connectivity index (χ3n) is 3.41. The summed E-state index contributed by atoms with van der Waals surface area (Å²) in [5, 5.41) is 3.58. The van der Waals surface area contributed by atoms with E-state index in [2.05, 4.69) is 27.9 Å². The standard InChI is InChI=1S/C14H17ClINO/c15-12-9-11(16)7-8-13(12)17-14(18)10-5-3-1-2-4-6-10/h7-10H,1-6H2,(H,17,18). The van der Waals surface area contributed by atoms with Gasteiger partial charge in [0.2, 0.25) is 5.91 Å². The summed E-state index contributed by atoms with van der Waals surface area (Å²) in [6.45, 7) is 0. The monoisotopic (exact) mass is 377 g/mol. The molecule has 1 N–H and O–H groups in total. The minimum Gasteiger partial charge on any atom is -0.325 e. The highest BCUT2D eigenvalue weighted by molar-refractivity contribution is 14.1. The van der Waals surface area contributed by atoms with Crippen molar-refractivity contribution in [3.8, 4) is 0 Å². The van der Waals surface area contributed by atoms with Crippen LogP contribution in [-0.2, 0) is 4.79 Å². The van der Waals surface area contributed by atoms with Crippen molar-refractivity contribution >= 4 is 45.8 Å². The molecular formula is C14H17ClINO. The summed E-state index contributed by atoms with van der Waals surface area (Å²) in [7, 11) is 0. The molecule has 2 rings (SSSR count). The maximum atomic E-state index is 12.2. The van der Waals surface area contributed by atoms with Gasteiger partial charge in [0.15, 0.2) is 0 Å². The van der Waals surface area contributed by atoms with Gasteiger partial charge in [0.25, 0.3) is 0 Å². The maximum Gasteiger partial charge on any atom is 0.227 e. The molecule has 1 fully saturated rings. The van der Waals surface area contributed by atoms with Crippen molar-refractivity contribution in [2.75, 3.05) is 5.32 Å². The third kappa shape index (κ3) is 3.85. The van der Waals surface area contributed by atoms with Crippen LogP contribution < -0.4 is 5.32 Å². The number of hydrogen-bond donors (Lipinski definition) is 1. The Hall–Kier alpha value is -0.290. The lowest BCUT2D eigenvalue weighted by molar-refractivity contribution is -0.120. The molecule has 0 aromatic heterocycles. The number of carbonyl (C=O) groups excluding carboxylic acids is 1. The third-order valence-corrected chi connectivity index (χ3v) is 4.40. The molecule has 4 heteroatoms. The Morgan fingerprint density at radius 1 is 1.22 bits per heavy atom. The van der Waals surface area contributed by atoms with Gasteiger partial charge >= 0.3 is 0 Å². The molecule has 0 spiro atoms. The topological polar surface area (TPSA) is 29.1 Å². The predicted octanol–water partition coefficient (Wildman–Crippen LogP) is 4.85. The highest BCUT2D eigenvalue weighted by Crippen LogP contribution is 2.27. The zero-order chi connectivity index (χ0) is 13.0. The first kappa shape index (κ1) is 14.1. The molecule has 0 atom stereocenters. The van der Waals surface area contributed by atoms with Crippen LogP contribution >= 0.6 is 34.2 Å². The predicted molar refractivity (Wildman–Crippen MR) is 84.0 cm³/mol. The normalized spacial score (nSPS) is 17.2. The van der Waals surface area contributed by atoms with E-state index in [1.54, 1.807) is 0 Å². The first-order valence-corrected chi connectivity index (χ1v) is 7.88. The number of benzene rings is 1. The molecule has 0 bridgehead atoms. The van der Waals surface area contributed by atoms with E-state index in [4.69, 9.17) is 11.6 Å². The zero-order valence-corrected chi connectivity index (χ0v) is 13.1. The van der Waals surface area contributed by atoms with Crippen LogP contribution in [0.5, 0.6) is 0 Å². The fourth-order valence-electron chi connectivity index (χ4n) is 2.37. The molecule has 98 valence electrons. The summed E-state index contributed by atoms with van der Waals surface area (Å²) in [5.74, 6) is 0.280. The molecule has 1 amide bonds. The van der Waals surface area contributed by atoms with Gasteiger partial charge in [0.1, 0.15) is 0 Å². The van der Waals surface area contributed by atoms with Gasteiger partial charge in [-0.3, -0.25) is 4.79 Å². The van der Waals surface area contributed by atoms with Gasteiger partial charge in [-0.25, -0.2) is 0 Å². The summed E-state index contributed by atoms with van der Waals surface area (Å²) >= 11 is 8.33. The zero-order valence-electron chi connectivity index (χ0n) is 10.2. The highest BCUT2D eigenvalue weighted by atomic mass is 127. The van der Waals surface area contributed by atoms with Crippen molar-refractivity contribution in [3.63, 3.8) is 0 Å². The first-order valence-electron chi connectivity index (χ1n) is 6.43. The van der Waals surface area contributed by atoms with Crippen LogP contribution in [0.3, 0.4) is 0 Å². The number of anilines is 1. The number of halogens is 2. The van der Waals surface area contributed by atoms with Crippen LogP contribution in [0.25, 0.3) is 0 Å². The molecule has 1 saturated carbocycles. The lowest BCUT2D eigenvalue weighted by Gasteiger charge is -2.15. The number of nitrogens with one attached hydrogen (secondary N) is 1. The largest absolute Gasteiger partial charge is 0.325 e. The van der Waals surface area contributed by atoms with E-state index in [0.29, 0.717) is 5.02 Å². The van der Waals surface area contributed by atoms with Crippen molar-refractivity contribution in [2.24, 2.45) is 5.92 Å². The van der Waals surface area contributed by atoms with Gasteiger partial charge in [0, 0.05) is 9.49 Å². The molecule has 18 heavy (non-hydrogen) atoms. The SMILES string of the molecule is O=C(Nc1ccc(I)cc1Cl)C1CCCCCC1. The van der Waals surface area contributed by atoms with Gasteiger partial charge in [0.05, 0.1) is 10.7 Å². The van der Waals surface area contributed by atoms with Crippen molar-refractivity contribution in [3.05, 3.63) is 26.8 Å². The second-order valence-corrected chi connectivity index (χ2v) is 6.45. The van der Waals surface area contributed by atoms with E-state index in [-0.39, 0.29) is 11.8 Å². The molecule has 0 heterocycles. The molecule has 0 aliphatic heterocycles. The van der Waals surface area contributed by atoms with E-state index in [9.17, 15) is 4.79 Å². The smallest absolute Gasteiger partial charge is 0.227 e. The lowest BCUT2D eigenvalue weighted by atomic mass is 9.99. The molecule has 0 unspecified atom stereocenters. The summed E-state index contributed by atoms with van der Waals surface area (Å²) in [4.78, 5) is 12.2. The van der Waals surface area contributed by atoms with E-state index >= 15 is 0 Å². The number of hydrogen-bond acceptors (Lipinski definition) is 1. The summed E-state index contributed by atoms with van der Waals surface area (Å²) in [5.41, 5.74) is 0.728. The maximum absolute atomic E-state index is 12.2. The summed E-state index contributed by atoms with van der Waals surface area (Å²) in [6.07, 6.45) is 6.86. The Balaban J connectivity index is 2.01. The molecule has 1 aromatic carbocycles. The fourth-order valence-corrected chi connectivity index (χ4v) is 3.27. The van der Waals surface area contributed by atoms with Crippen LogP contribution in [0.2, 0.25) is 5.02 Å². The second-order valence-electron chi connectivity index (χ2n) is 4.80. The van der Waals surface area contributed by atoms with Crippen LogP contribution in [0, 0.1) is 9.49 Å². The van der Waals surface area contributed by atoms with Crippen LogP contribution in [0.4, 0.5) is 5.69 Å². The van der Waals surface area contributed by atoms with E-state index < -0.39 is 0 Å². The van der Waals surface area contributed by atoms with Crippen LogP contribution in [0.1, 0.15) is 38.5 Å². The minimum absolute atomic E-state index is 0.125. The first-order chi connectivity index (χ1) is 8.66. The van der Waals surface area contributed by atoms with E-state index in [0.717, 1.165) is 22.1 Å².